The van der Waals surface area contributed by atoms with Crippen molar-refractivity contribution in [2.75, 3.05) is 20.1 Å². The van der Waals surface area contributed by atoms with Crippen molar-refractivity contribution < 1.29 is 4.79 Å². The van der Waals surface area contributed by atoms with Crippen LogP contribution >= 0.6 is 0 Å². The third-order valence-corrected chi connectivity index (χ3v) is 4.48. The molecular weight excluding hydrogens is 212 g/mol. The van der Waals surface area contributed by atoms with Gasteiger partial charge < -0.3 is 10.2 Å². The van der Waals surface area contributed by atoms with E-state index in [4.69, 9.17) is 0 Å². The first-order chi connectivity index (χ1) is 8.16. The molecule has 1 amide bonds. The highest BCUT2D eigenvalue weighted by Crippen LogP contribution is 2.31. The molecule has 1 N–H and O–H groups in total. The van der Waals surface area contributed by atoms with Gasteiger partial charge in [-0.15, -0.1) is 0 Å². The van der Waals surface area contributed by atoms with Crippen LogP contribution in [-0.2, 0) is 4.79 Å². The summed E-state index contributed by atoms with van der Waals surface area (Å²) in [7, 11) is 1.98. The predicted molar refractivity (Wildman–Crippen MR) is 69.8 cm³/mol. The van der Waals surface area contributed by atoms with Crippen LogP contribution in [0.4, 0.5) is 0 Å². The van der Waals surface area contributed by atoms with Crippen LogP contribution < -0.4 is 5.32 Å². The average Bonchev–Trinajstić information content (AvgIpc) is 2.81. The Hall–Kier alpha value is -0.570. The van der Waals surface area contributed by atoms with Crippen molar-refractivity contribution in [3.8, 4) is 0 Å². The van der Waals surface area contributed by atoms with Crippen molar-refractivity contribution in [1.29, 1.82) is 0 Å². The van der Waals surface area contributed by atoms with Crippen molar-refractivity contribution >= 4 is 5.91 Å². The van der Waals surface area contributed by atoms with Gasteiger partial charge in [0.1, 0.15) is 0 Å². The van der Waals surface area contributed by atoms with Crippen LogP contribution in [0.1, 0.15) is 45.4 Å². The second-order valence-corrected chi connectivity index (χ2v) is 5.99. The lowest BCUT2D eigenvalue weighted by molar-refractivity contribution is -0.133. The van der Waals surface area contributed by atoms with E-state index in [0.717, 1.165) is 31.8 Å². The molecule has 0 spiro atoms. The fourth-order valence-corrected chi connectivity index (χ4v) is 3.31. The number of nitrogens with one attached hydrogen (secondary N) is 1. The summed E-state index contributed by atoms with van der Waals surface area (Å²) in [6.07, 6.45) is 7.07. The van der Waals surface area contributed by atoms with Crippen LogP contribution in [0.25, 0.3) is 0 Å². The Morgan fingerprint density at radius 2 is 2.18 bits per heavy atom. The summed E-state index contributed by atoms with van der Waals surface area (Å²) in [6.45, 7) is 4.35. The number of rotatable bonds is 3. The van der Waals surface area contributed by atoms with Crippen molar-refractivity contribution in [1.82, 2.24) is 10.2 Å². The highest BCUT2D eigenvalue weighted by atomic mass is 16.2. The Bertz CT molecular complexity index is 261. The molecule has 3 heteroatoms. The minimum atomic E-state index is 0.359. The lowest BCUT2D eigenvalue weighted by atomic mass is 9.80. The van der Waals surface area contributed by atoms with E-state index in [1.165, 1.54) is 25.7 Å². The maximum absolute atomic E-state index is 12.2. The Labute approximate surface area is 105 Å². The van der Waals surface area contributed by atoms with Gasteiger partial charge in [-0.25, -0.2) is 0 Å². The second-order valence-electron chi connectivity index (χ2n) is 5.99. The number of hydrogen-bond donors (Lipinski definition) is 1. The third-order valence-electron chi connectivity index (χ3n) is 4.48. The van der Waals surface area contributed by atoms with Gasteiger partial charge in [0, 0.05) is 26.1 Å². The van der Waals surface area contributed by atoms with Crippen molar-refractivity contribution in [3.05, 3.63) is 0 Å². The van der Waals surface area contributed by atoms with Crippen molar-refractivity contribution in [2.24, 2.45) is 11.8 Å². The number of amides is 1. The molecule has 0 aromatic heterocycles. The molecule has 1 saturated heterocycles. The monoisotopic (exact) mass is 238 g/mol. The average molecular weight is 238 g/mol. The predicted octanol–water partition coefficient (Wildman–Crippen LogP) is 2.02. The summed E-state index contributed by atoms with van der Waals surface area (Å²) >= 11 is 0. The molecule has 1 saturated carbocycles. The van der Waals surface area contributed by atoms with Crippen LogP contribution in [-0.4, -0.2) is 37.0 Å². The Kier molecular flexibility index (Phi) is 4.43. The van der Waals surface area contributed by atoms with Gasteiger partial charge in [0.25, 0.3) is 0 Å². The van der Waals surface area contributed by atoms with Gasteiger partial charge in [-0.05, 0) is 37.6 Å². The highest BCUT2D eigenvalue weighted by Gasteiger charge is 2.27. The van der Waals surface area contributed by atoms with E-state index < -0.39 is 0 Å². The van der Waals surface area contributed by atoms with Crippen molar-refractivity contribution in [2.45, 2.75) is 51.5 Å². The first kappa shape index (κ1) is 12.9. The van der Waals surface area contributed by atoms with Gasteiger partial charge in [-0.2, -0.15) is 0 Å². The fraction of sp³-hybridized carbons (Fsp3) is 0.929. The summed E-state index contributed by atoms with van der Waals surface area (Å²) in [5.41, 5.74) is 0. The number of carbonyl (C=O) groups is 1. The van der Waals surface area contributed by atoms with Crippen molar-refractivity contribution in [3.63, 3.8) is 0 Å². The first-order valence-corrected chi connectivity index (χ1v) is 7.13. The van der Waals surface area contributed by atoms with Crippen LogP contribution in [0.2, 0.25) is 0 Å². The molecular formula is C14H26N2O. The smallest absolute Gasteiger partial charge is 0.222 e. The lowest BCUT2D eigenvalue weighted by Gasteiger charge is -2.29. The zero-order valence-electron chi connectivity index (χ0n) is 11.2. The number of likely N-dealkylation sites (N-methyl/N-ethyl adjacent to an activating group) is 1. The zero-order valence-corrected chi connectivity index (χ0v) is 11.2. The quantitative estimate of drug-likeness (QED) is 0.816. The molecule has 0 bridgehead atoms. The van der Waals surface area contributed by atoms with Gasteiger partial charge in [0.15, 0.2) is 0 Å². The van der Waals surface area contributed by atoms with Gasteiger partial charge in [0.2, 0.25) is 5.91 Å². The molecule has 17 heavy (non-hydrogen) atoms. The van der Waals surface area contributed by atoms with E-state index in [1.54, 1.807) is 0 Å². The molecule has 1 aliphatic carbocycles. The maximum atomic E-state index is 12.2. The Morgan fingerprint density at radius 1 is 1.35 bits per heavy atom. The van der Waals surface area contributed by atoms with Gasteiger partial charge in [0.05, 0.1) is 0 Å². The van der Waals surface area contributed by atoms with E-state index in [1.807, 2.05) is 11.9 Å². The van der Waals surface area contributed by atoms with Gasteiger partial charge in [-0.1, -0.05) is 19.8 Å². The van der Waals surface area contributed by atoms with E-state index in [-0.39, 0.29) is 0 Å². The highest BCUT2D eigenvalue weighted by molar-refractivity contribution is 5.76. The fourth-order valence-electron chi connectivity index (χ4n) is 3.31. The topological polar surface area (TPSA) is 32.3 Å². The molecule has 1 aliphatic heterocycles. The lowest BCUT2D eigenvalue weighted by Crippen LogP contribution is -2.39. The molecule has 3 atom stereocenters. The summed E-state index contributed by atoms with van der Waals surface area (Å²) in [4.78, 5) is 14.2. The zero-order chi connectivity index (χ0) is 12.3. The molecule has 2 rings (SSSR count). The molecule has 2 aliphatic rings. The standard InChI is InChI=1S/C14H26N2O/c1-11-4-3-5-12(8-11)9-14(17)16(2)13-6-7-15-10-13/h11-13,15H,3-10H2,1-2H3. The SMILES string of the molecule is CC1CCCC(CC(=O)N(C)C2CCNC2)C1. The molecule has 2 fully saturated rings. The summed E-state index contributed by atoms with van der Waals surface area (Å²) in [6, 6.07) is 0.434. The molecule has 3 nitrogen and oxygen atoms in total. The normalized spacial score (nSPS) is 33.6. The summed E-state index contributed by atoms with van der Waals surface area (Å²) in [5, 5.41) is 3.32. The van der Waals surface area contributed by atoms with Crippen LogP contribution in [0, 0.1) is 11.8 Å². The van der Waals surface area contributed by atoms with E-state index in [2.05, 4.69) is 12.2 Å². The molecule has 3 unspecified atom stereocenters. The first-order valence-electron chi connectivity index (χ1n) is 7.13. The summed E-state index contributed by atoms with van der Waals surface area (Å²) in [5.74, 6) is 1.82. The third kappa shape index (κ3) is 3.44. The van der Waals surface area contributed by atoms with Gasteiger partial charge in [-0.3, -0.25) is 4.79 Å². The Morgan fingerprint density at radius 3 is 2.82 bits per heavy atom. The molecule has 1 heterocycles. The number of hydrogen-bond acceptors (Lipinski definition) is 2. The van der Waals surface area contributed by atoms with Gasteiger partial charge >= 0.3 is 0 Å². The Balaban J connectivity index is 1.79. The number of nitrogens with zero attached hydrogens (tertiary/aromatic N) is 1. The molecule has 0 radical (unpaired) electrons. The number of carbonyl (C=O) groups excluding carboxylic acids is 1. The molecule has 0 aromatic carbocycles. The van der Waals surface area contributed by atoms with Crippen LogP contribution in [0.5, 0.6) is 0 Å². The molecule has 98 valence electrons. The van der Waals surface area contributed by atoms with E-state index in [9.17, 15) is 4.79 Å². The minimum absolute atomic E-state index is 0.359. The second kappa shape index (κ2) is 5.85. The van der Waals surface area contributed by atoms with E-state index in [0.29, 0.717) is 17.9 Å². The largest absolute Gasteiger partial charge is 0.341 e. The minimum Gasteiger partial charge on any atom is -0.341 e. The van der Waals surface area contributed by atoms with E-state index >= 15 is 0 Å². The maximum Gasteiger partial charge on any atom is 0.222 e. The molecule has 0 aromatic rings. The van der Waals surface area contributed by atoms with Crippen LogP contribution in [0.3, 0.4) is 0 Å². The van der Waals surface area contributed by atoms with Crippen LogP contribution in [0.15, 0.2) is 0 Å². The summed E-state index contributed by atoms with van der Waals surface area (Å²) < 4.78 is 0.